The standard InChI is InChI=1S/C17H36N2O.C16H32N2O.C4H11N.C4H10/c1-9-11-15(10-2)20-19-16(3,4)12-14(18(7)8)13-17(19,5)6;1-15(2)11-13(17-5)12-16(3,4)18(15)19-14-9-7-6-8-10-14;1-2-3-4-5;1-3-4-2/h14-15H,9-13H2,1-8H3;13-14,17H,6-12H2,1-5H3;2-5H2,1H3;3-4H2,1-2H3. The Labute approximate surface area is 302 Å². The number of unbranched alkanes of at least 4 members (excludes halogenated alkanes) is 2. The predicted molar refractivity (Wildman–Crippen MR) is 211 cm³/mol. The molecular weight excluding hydrogens is 594 g/mol. The van der Waals surface area contributed by atoms with Crippen molar-refractivity contribution in [1.82, 2.24) is 20.3 Å². The van der Waals surface area contributed by atoms with Crippen LogP contribution in [-0.4, -0.2) is 89.2 Å². The number of hydroxylamine groups is 4. The molecule has 0 aromatic rings. The van der Waals surface area contributed by atoms with Gasteiger partial charge >= 0.3 is 0 Å². The lowest BCUT2D eigenvalue weighted by Gasteiger charge is -2.55. The van der Waals surface area contributed by atoms with Gasteiger partial charge in [0.1, 0.15) is 0 Å². The molecule has 2 aliphatic heterocycles. The van der Waals surface area contributed by atoms with E-state index in [1.165, 1.54) is 64.2 Å². The quantitative estimate of drug-likeness (QED) is 0.212. The molecular formula is C41H89N5O2. The van der Waals surface area contributed by atoms with Crippen LogP contribution in [0.3, 0.4) is 0 Å². The Hall–Kier alpha value is -0.280. The van der Waals surface area contributed by atoms with Crippen LogP contribution >= 0.6 is 0 Å². The molecule has 2 heterocycles. The lowest BCUT2D eigenvalue weighted by molar-refractivity contribution is -0.311. The average Bonchev–Trinajstić information content (AvgIpc) is 3.01. The third kappa shape index (κ3) is 16.8. The van der Waals surface area contributed by atoms with E-state index in [0.29, 0.717) is 24.3 Å². The smallest absolute Gasteiger partial charge is 0.0793 e. The zero-order valence-corrected chi connectivity index (χ0v) is 35.6. The van der Waals surface area contributed by atoms with Gasteiger partial charge in [0, 0.05) is 34.2 Å². The molecule has 1 aliphatic carbocycles. The molecule has 3 aliphatic rings. The second kappa shape index (κ2) is 23.3. The van der Waals surface area contributed by atoms with E-state index in [0.717, 1.165) is 45.1 Å². The van der Waals surface area contributed by atoms with E-state index in [1.807, 2.05) is 0 Å². The highest BCUT2D eigenvalue weighted by atomic mass is 16.7. The van der Waals surface area contributed by atoms with Gasteiger partial charge in [-0.05, 0) is 141 Å². The number of rotatable bonds is 12. The number of hydrogen-bond acceptors (Lipinski definition) is 7. The van der Waals surface area contributed by atoms with Crippen molar-refractivity contribution in [2.75, 3.05) is 27.7 Å². The molecule has 0 bridgehead atoms. The van der Waals surface area contributed by atoms with Crippen LogP contribution in [0.5, 0.6) is 0 Å². The topological polar surface area (TPSA) is 66.2 Å². The van der Waals surface area contributed by atoms with Crippen molar-refractivity contribution in [3.05, 3.63) is 0 Å². The highest BCUT2D eigenvalue weighted by Gasteiger charge is 2.48. The summed E-state index contributed by atoms with van der Waals surface area (Å²) in [6.07, 6.45) is 20.4. The Morgan fingerprint density at radius 3 is 1.52 bits per heavy atom. The molecule has 0 amide bonds. The molecule has 2 saturated heterocycles. The number of nitrogens with two attached hydrogens (primary N) is 1. The molecule has 1 atom stereocenters. The number of nitrogens with zero attached hydrogens (tertiary/aromatic N) is 3. The van der Waals surface area contributed by atoms with E-state index in [2.05, 4.69) is 131 Å². The first kappa shape index (κ1) is 47.7. The second-order valence-electron chi connectivity index (χ2n) is 17.7. The lowest BCUT2D eigenvalue weighted by atomic mass is 9.78. The first-order chi connectivity index (χ1) is 22.3. The molecule has 290 valence electrons. The first-order valence-corrected chi connectivity index (χ1v) is 20.3. The van der Waals surface area contributed by atoms with Crippen molar-refractivity contribution in [3.63, 3.8) is 0 Å². The zero-order valence-electron chi connectivity index (χ0n) is 35.6. The highest BCUT2D eigenvalue weighted by molar-refractivity contribution is 5.00. The fraction of sp³-hybridized carbons (Fsp3) is 1.00. The molecule has 1 unspecified atom stereocenters. The van der Waals surface area contributed by atoms with Crippen LogP contribution < -0.4 is 11.1 Å². The van der Waals surface area contributed by atoms with Crippen LogP contribution in [0.2, 0.25) is 0 Å². The molecule has 0 spiro atoms. The van der Waals surface area contributed by atoms with Crippen LogP contribution in [0.4, 0.5) is 0 Å². The van der Waals surface area contributed by atoms with Crippen molar-refractivity contribution < 1.29 is 9.68 Å². The minimum Gasteiger partial charge on any atom is -0.330 e. The van der Waals surface area contributed by atoms with E-state index in [-0.39, 0.29) is 22.2 Å². The predicted octanol–water partition coefficient (Wildman–Crippen LogP) is 10.1. The second-order valence-corrected chi connectivity index (χ2v) is 17.7. The largest absolute Gasteiger partial charge is 0.330 e. The Balaban J connectivity index is 0.000000736. The number of hydrogen-bond donors (Lipinski definition) is 2. The molecule has 1 saturated carbocycles. The highest BCUT2D eigenvalue weighted by Crippen LogP contribution is 2.42. The van der Waals surface area contributed by atoms with Crippen molar-refractivity contribution >= 4 is 0 Å². The molecule has 0 aromatic carbocycles. The molecule has 0 aromatic heterocycles. The molecule has 3 rings (SSSR count). The third-order valence-electron chi connectivity index (χ3n) is 10.5. The van der Waals surface area contributed by atoms with Crippen LogP contribution in [-0.2, 0) is 9.68 Å². The van der Waals surface area contributed by atoms with Crippen LogP contribution in [0, 0.1) is 0 Å². The van der Waals surface area contributed by atoms with Crippen molar-refractivity contribution in [2.24, 2.45) is 5.73 Å². The van der Waals surface area contributed by atoms with Crippen LogP contribution in [0.25, 0.3) is 0 Å². The summed E-state index contributed by atoms with van der Waals surface area (Å²) in [4.78, 5) is 15.3. The van der Waals surface area contributed by atoms with E-state index in [4.69, 9.17) is 15.4 Å². The minimum absolute atomic E-state index is 0.0812. The fourth-order valence-electron chi connectivity index (χ4n) is 7.94. The Morgan fingerprint density at radius 1 is 0.708 bits per heavy atom. The van der Waals surface area contributed by atoms with E-state index >= 15 is 0 Å². The molecule has 7 heteroatoms. The maximum atomic E-state index is 6.46. The van der Waals surface area contributed by atoms with E-state index in [1.54, 1.807) is 0 Å². The van der Waals surface area contributed by atoms with Gasteiger partial charge in [-0.25, -0.2) is 0 Å². The van der Waals surface area contributed by atoms with Crippen LogP contribution in [0.15, 0.2) is 0 Å². The van der Waals surface area contributed by atoms with Crippen LogP contribution in [0.1, 0.15) is 193 Å². The summed E-state index contributed by atoms with van der Waals surface area (Å²) < 4.78 is 0. The Morgan fingerprint density at radius 2 is 1.19 bits per heavy atom. The Kier molecular flexibility index (Phi) is 23.2. The summed E-state index contributed by atoms with van der Waals surface area (Å²) in [5.41, 5.74) is 5.51. The molecule has 7 nitrogen and oxygen atoms in total. The molecule has 0 radical (unpaired) electrons. The normalized spacial score (nSPS) is 23.6. The Bertz CT molecular complexity index is 754. The molecule has 3 fully saturated rings. The number of piperidine rings is 2. The third-order valence-corrected chi connectivity index (χ3v) is 10.5. The minimum atomic E-state index is 0.0812. The summed E-state index contributed by atoms with van der Waals surface area (Å²) in [5.74, 6) is 0. The van der Waals surface area contributed by atoms with Gasteiger partial charge < -0.3 is 16.0 Å². The monoisotopic (exact) mass is 684 g/mol. The SMILES string of the molecule is CCCC.CCCC(CC)ON1C(C)(C)CC(N(C)C)CC1(C)C.CCCCN.CNC1CC(C)(C)N(OC2CCCCC2)C(C)(C)C1. The maximum Gasteiger partial charge on any atom is 0.0793 e. The van der Waals surface area contributed by atoms with Gasteiger partial charge in [0.15, 0.2) is 0 Å². The van der Waals surface area contributed by atoms with E-state index in [9.17, 15) is 0 Å². The summed E-state index contributed by atoms with van der Waals surface area (Å²) >= 11 is 0. The van der Waals surface area contributed by atoms with Crippen molar-refractivity contribution in [2.45, 2.75) is 239 Å². The van der Waals surface area contributed by atoms with Gasteiger partial charge in [-0.15, -0.1) is 0 Å². The average molecular weight is 684 g/mol. The summed E-state index contributed by atoms with van der Waals surface area (Å²) in [6.45, 7) is 30.4. The first-order valence-electron chi connectivity index (χ1n) is 20.3. The zero-order chi connectivity index (χ0) is 37.2. The van der Waals surface area contributed by atoms with E-state index < -0.39 is 0 Å². The molecule has 3 N–H and O–H groups in total. The van der Waals surface area contributed by atoms with Crippen molar-refractivity contribution in [1.29, 1.82) is 0 Å². The number of nitrogens with one attached hydrogen (secondary N) is 1. The lowest BCUT2D eigenvalue weighted by Crippen LogP contribution is -2.64. The molecule has 48 heavy (non-hydrogen) atoms. The van der Waals surface area contributed by atoms with Gasteiger partial charge in [0.25, 0.3) is 0 Å². The summed E-state index contributed by atoms with van der Waals surface area (Å²) in [6, 6.07) is 1.22. The van der Waals surface area contributed by atoms with Gasteiger partial charge in [0.05, 0.1) is 12.2 Å². The van der Waals surface area contributed by atoms with Gasteiger partial charge in [-0.2, -0.15) is 10.1 Å². The fourth-order valence-corrected chi connectivity index (χ4v) is 7.94. The summed E-state index contributed by atoms with van der Waals surface area (Å²) in [5, 5.41) is 8.09. The van der Waals surface area contributed by atoms with Gasteiger partial charge in [-0.1, -0.05) is 79.6 Å². The van der Waals surface area contributed by atoms with Gasteiger partial charge in [-0.3, -0.25) is 9.68 Å². The summed E-state index contributed by atoms with van der Waals surface area (Å²) in [7, 11) is 6.47. The van der Waals surface area contributed by atoms with Crippen molar-refractivity contribution in [3.8, 4) is 0 Å². The van der Waals surface area contributed by atoms with Gasteiger partial charge in [0.2, 0.25) is 0 Å². The maximum absolute atomic E-state index is 6.46.